The van der Waals surface area contributed by atoms with Crippen molar-refractivity contribution in [1.29, 1.82) is 0 Å². The molecule has 6 nitrogen and oxygen atoms in total. The maximum Gasteiger partial charge on any atom is 0.243 e. The first-order valence-corrected chi connectivity index (χ1v) is 10.8. The fourth-order valence-electron chi connectivity index (χ4n) is 3.11. The van der Waals surface area contributed by atoms with Crippen LogP contribution in [0.15, 0.2) is 51.2 Å². The minimum absolute atomic E-state index is 0.0979. The molecular formula is C18H19N3O3S2. The van der Waals surface area contributed by atoms with Gasteiger partial charge in [-0.1, -0.05) is 28.9 Å². The normalized spacial score (nSPS) is 16.8. The summed E-state index contributed by atoms with van der Waals surface area (Å²) in [5.41, 5.74) is 1.04. The van der Waals surface area contributed by atoms with E-state index in [0.29, 0.717) is 42.5 Å². The highest BCUT2D eigenvalue weighted by Gasteiger charge is 2.32. The lowest BCUT2D eigenvalue weighted by molar-refractivity contribution is 0.271. The molecule has 1 saturated heterocycles. The van der Waals surface area contributed by atoms with Gasteiger partial charge in [0, 0.05) is 19.0 Å². The number of nitrogens with zero attached hydrogens (tertiary/aromatic N) is 3. The van der Waals surface area contributed by atoms with Crippen LogP contribution in [0.1, 0.15) is 30.2 Å². The van der Waals surface area contributed by atoms with E-state index in [9.17, 15) is 8.42 Å². The van der Waals surface area contributed by atoms with Crippen LogP contribution in [-0.4, -0.2) is 36.0 Å². The molecule has 0 atom stereocenters. The zero-order valence-electron chi connectivity index (χ0n) is 14.3. The zero-order chi connectivity index (χ0) is 18.1. The van der Waals surface area contributed by atoms with Crippen LogP contribution >= 0.6 is 11.3 Å². The average Bonchev–Trinajstić information content (AvgIpc) is 3.34. The average molecular weight is 390 g/mol. The Morgan fingerprint density at radius 1 is 1.15 bits per heavy atom. The molecule has 3 heterocycles. The van der Waals surface area contributed by atoms with Crippen LogP contribution in [0.5, 0.6) is 0 Å². The number of sulfonamides is 1. The molecule has 3 aromatic rings. The number of aryl methyl sites for hydroxylation is 1. The number of hydrogen-bond donors (Lipinski definition) is 0. The van der Waals surface area contributed by atoms with E-state index in [1.165, 1.54) is 0 Å². The van der Waals surface area contributed by atoms with E-state index in [-0.39, 0.29) is 5.92 Å². The van der Waals surface area contributed by atoms with Crippen LogP contribution in [-0.2, 0) is 10.0 Å². The Balaban J connectivity index is 1.45. The Kier molecular flexibility index (Phi) is 4.64. The molecule has 0 radical (unpaired) electrons. The second kappa shape index (κ2) is 6.94. The Labute approximate surface area is 156 Å². The van der Waals surface area contributed by atoms with E-state index in [2.05, 4.69) is 10.1 Å². The third-order valence-electron chi connectivity index (χ3n) is 4.65. The van der Waals surface area contributed by atoms with Crippen LogP contribution in [0.4, 0.5) is 0 Å². The summed E-state index contributed by atoms with van der Waals surface area (Å²) in [4.78, 5) is 5.81. The van der Waals surface area contributed by atoms with Crippen molar-refractivity contribution in [3.63, 3.8) is 0 Å². The highest BCUT2D eigenvalue weighted by Crippen LogP contribution is 2.31. The van der Waals surface area contributed by atoms with Gasteiger partial charge >= 0.3 is 0 Å². The topological polar surface area (TPSA) is 76.3 Å². The molecule has 26 heavy (non-hydrogen) atoms. The van der Waals surface area contributed by atoms with Gasteiger partial charge in [0.1, 0.15) is 0 Å². The quantitative estimate of drug-likeness (QED) is 0.680. The van der Waals surface area contributed by atoms with Crippen molar-refractivity contribution >= 4 is 21.4 Å². The second-order valence-electron chi connectivity index (χ2n) is 6.42. The summed E-state index contributed by atoms with van der Waals surface area (Å²) in [5, 5.41) is 6.02. The third-order valence-corrected chi connectivity index (χ3v) is 7.42. The molecule has 1 aliphatic rings. The lowest BCUT2D eigenvalue weighted by Gasteiger charge is -2.29. The Morgan fingerprint density at radius 3 is 2.54 bits per heavy atom. The molecule has 0 amide bonds. The summed E-state index contributed by atoms with van der Waals surface area (Å²) in [5.74, 6) is 1.30. The van der Waals surface area contributed by atoms with Crippen molar-refractivity contribution in [3.05, 3.63) is 53.2 Å². The summed E-state index contributed by atoms with van der Waals surface area (Å²) < 4.78 is 32.5. The molecule has 1 aliphatic heterocycles. The lowest BCUT2D eigenvalue weighted by atomic mass is 9.98. The first kappa shape index (κ1) is 17.4. The number of piperidine rings is 1. The van der Waals surface area contributed by atoms with E-state index in [1.807, 2.05) is 36.6 Å². The fraction of sp³-hybridized carbons (Fsp3) is 0.333. The molecule has 0 saturated carbocycles. The monoisotopic (exact) mass is 389 g/mol. The van der Waals surface area contributed by atoms with E-state index >= 15 is 0 Å². The SMILES string of the molecule is Cc1ccc(S(=O)(=O)N2CCC(c3nc(-c4cccs4)no3)CC2)cc1. The molecule has 2 aromatic heterocycles. The standard InChI is InChI=1S/C18H19N3O3S2/c1-13-4-6-15(7-5-13)26(22,23)21-10-8-14(9-11-21)18-19-17(20-24-18)16-3-2-12-25-16/h2-7,12,14H,8-11H2,1H3. The van der Waals surface area contributed by atoms with Crippen LogP contribution in [0.25, 0.3) is 10.7 Å². The van der Waals surface area contributed by atoms with Gasteiger partial charge in [-0.2, -0.15) is 9.29 Å². The number of aromatic nitrogens is 2. The van der Waals surface area contributed by atoms with Crippen molar-refractivity contribution < 1.29 is 12.9 Å². The van der Waals surface area contributed by atoms with Gasteiger partial charge in [0.05, 0.1) is 9.77 Å². The van der Waals surface area contributed by atoms with Crippen LogP contribution in [0.3, 0.4) is 0 Å². The Morgan fingerprint density at radius 2 is 1.88 bits per heavy atom. The highest BCUT2D eigenvalue weighted by atomic mass is 32.2. The van der Waals surface area contributed by atoms with Crippen molar-refractivity contribution in [3.8, 4) is 10.7 Å². The van der Waals surface area contributed by atoms with Gasteiger partial charge in [-0.05, 0) is 43.3 Å². The predicted octanol–water partition coefficient (Wildman–Crippen LogP) is 3.67. The van der Waals surface area contributed by atoms with Gasteiger partial charge in [-0.25, -0.2) is 8.42 Å². The molecule has 136 valence electrons. The summed E-state index contributed by atoms with van der Waals surface area (Å²) in [6, 6.07) is 10.9. The summed E-state index contributed by atoms with van der Waals surface area (Å²) in [6.07, 6.45) is 1.36. The predicted molar refractivity (Wildman–Crippen MR) is 99.5 cm³/mol. The van der Waals surface area contributed by atoms with E-state index in [4.69, 9.17) is 4.52 Å². The van der Waals surface area contributed by atoms with Crippen LogP contribution in [0, 0.1) is 6.92 Å². The smallest absolute Gasteiger partial charge is 0.243 e. The van der Waals surface area contributed by atoms with Gasteiger partial charge in [-0.15, -0.1) is 11.3 Å². The van der Waals surface area contributed by atoms with E-state index in [0.717, 1.165) is 10.4 Å². The highest BCUT2D eigenvalue weighted by molar-refractivity contribution is 7.89. The molecule has 0 spiro atoms. The number of thiophene rings is 1. The molecule has 1 aromatic carbocycles. The first-order chi connectivity index (χ1) is 12.5. The molecule has 0 aliphatic carbocycles. The van der Waals surface area contributed by atoms with Gasteiger partial charge in [0.15, 0.2) is 0 Å². The van der Waals surface area contributed by atoms with Crippen molar-refractivity contribution in [2.75, 3.05) is 13.1 Å². The van der Waals surface area contributed by atoms with Crippen LogP contribution < -0.4 is 0 Å². The number of hydrogen-bond acceptors (Lipinski definition) is 6. The summed E-state index contributed by atoms with van der Waals surface area (Å²) in [6.45, 7) is 2.85. The summed E-state index contributed by atoms with van der Waals surface area (Å²) >= 11 is 1.57. The van der Waals surface area contributed by atoms with E-state index < -0.39 is 10.0 Å². The maximum absolute atomic E-state index is 12.8. The Bertz CT molecular complexity index is 971. The largest absolute Gasteiger partial charge is 0.339 e. The third kappa shape index (κ3) is 3.32. The second-order valence-corrected chi connectivity index (χ2v) is 9.31. The van der Waals surface area contributed by atoms with Crippen molar-refractivity contribution in [1.82, 2.24) is 14.4 Å². The van der Waals surface area contributed by atoms with Gasteiger partial charge < -0.3 is 4.52 Å². The minimum Gasteiger partial charge on any atom is -0.339 e. The molecule has 8 heteroatoms. The Hall–Kier alpha value is -2.03. The minimum atomic E-state index is -3.45. The first-order valence-electron chi connectivity index (χ1n) is 8.48. The van der Waals surface area contributed by atoms with Crippen molar-refractivity contribution in [2.24, 2.45) is 0 Å². The van der Waals surface area contributed by atoms with Gasteiger partial charge in [-0.3, -0.25) is 0 Å². The lowest BCUT2D eigenvalue weighted by Crippen LogP contribution is -2.37. The van der Waals surface area contributed by atoms with E-state index in [1.54, 1.807) is 27.8 Å². The van der Waals surface area contributed by atoms with Crippen molar-refractivity contribution in [2.45, 2.75) is 30.6 Å². The molecule has 0 N–H and O–H groups in total. The van der Waals surface area contributed by atoms with Crippen LogP contribution in [0.2, 0.25) is 0 Å². The molecule has 0 unspecified atom stereocenters. The number of rotatable bonds is 4. The fourth-order valence-corrected chi connectivity index (χ4v) is 5.23. The summed E-state index contributed by atoms with van der Waals surface area (Å²) in [7, 11) is -3.45. The zero-order valence-corrected chi connectivity index (χ0v) is 16.0. The molecular weight excluding hydrogens is 370 g/mol. The maximum atomic E-state index is 12.8. The molecule has 1 fully saturated rings. The number of benzene rings is 1. The van der Waals surface area contributed by atoms with Gasteiger partial charge in [0.2, 0.25) is 21.7 Å². The molecule has 4 rings (SSSR count). The molecule has 0 bridgehead atoms. The van der Waals surface area contributed by atoms with Gasteiger partial charge in [0.25, 0.3) is 0 Å².